The Balaban J connectivity index is 2.13. The molecule has 0 N–H and O–H groups in total. The number of aromatic nitrogens is 2. The van der Waals surface area contributed by atoms with Crippen molar-refractivity contribution in [3.05, 3.63) is 59.5 Å². The monoisotopic (exact) mass is 387 g/mol. The van der Waals surface area contributed by atoms with E-state index in [9.17, 15) is 0 Å². The minimum atomic E-state index is 0.0300. The third-order valence-corrected chi connectivity index (χ3v) is 7.47. The third kappa shape index (κ3) is 2.91. The molecule has 0 aliphatic carbocycles. The van der Waals surface area contributed by atoms with Crippen LogP contribution in [0, 0.1) is 13.8 Å². The van der Waals surface area contributed by atoms with Gasteiger partial charge in [0.1, 0.15) is 11.4 Å². The molecule has 2 heteroatoms. The van der Waals surface area contributed by atoms with Gasteiger partial charge in [-0.25, -0.2) is 4.98 Å². The first-order valence-corrected chi connectivity index (χ1v) is 11.3. The standard InChI is InChI=1S/C27H35N2/c1-7-9-15-27(6)26(5,14-8-2)24-17-22-13-11-10-12-21(22)16-23(24)25-20(4)28-19(3)18-29(25)27/h10-13,16-18H,7-9,14-15H2,1-6H3/q+1. The summed E-state index contributed by atoms with van der Waals surface area (Å²) in [5, 5.41) is 2.66. The maximum Gasteiger partial charge on any atom is 0.234 e. The summed E-state index contributed by atoms with van der Waals surface area (Å²) in [7, 11) is 0. The molecule has 0 fully saturated rings. The smallest absolute Gasteiger partial charge is 0.234 e. The highest BCUT2D eigenvalue weighted by Crippen LogP contribution is 2.51. The van der Waals surface area contributed by atoms with Crippen LogP contribution in [0.1, 0.15) is 76.8 Å². The van der Waals surface area contributed by atoms with Crippen molar-refractivity contribution >= 4 is 10.8 Å². The van der Waals surface area contributed by atoms with Crippen molar-refractivity contribution in [1.82, 2.24) is 4.98 Å². The van der Waals surface area contributed by atoms with Gasteiger partial charge >= 0.3 is 0 Å². The van der Waals surface area contributed by atoms with E-state index in [2.05, 4.69) is 88.7 Å². The average Bonchev–Trinajstić information content (AvgIpc) is 2.69. The van der Waals surface area contributed by atoms with E-state index in [0.717, 1.165) is 11.4 Å². The lowest BCUT2D eigenvalue weighted by molar-refractivity contribution is -0.766. The van der Waals surface area contributed by atoms with E-state index in [0.29, 0.717) is 0 Å². The Kier molecular flexibility index (Phi) is 5.01. The maximum atomic E-state index is 4.88. The van der Waals surface area contributed by atoms with Crippen LogP contribution in [0.4, 0.5) is 0 Å². The lowest BCUT2D eigenvalue weighted by atomic mass is 9.59. The first-order valence-electron chi connectivity index (χ1n) is 11.3. The van der Waals surface area contributed by atoms with Crippen molar-refractivity contribution in [2.75, 3.05) is 0 Å². The van der Waals surface area contributed by atoms with Crippen molar-refractivity contribution in [2.45, 2.75) is 84.6 Å². The molecule has 0 amide bonds. The molecule has 0 bridgehead atoms. The van der Waals surface area contributed by atoms with Crippen molar-refractivity contribution in [3.8, 4) is 11.3 Å². The van der Waals surface area contributed by atoms with Crippen LogP contribution in [0.25, 0.3) is 22.0 Å². The second-order valence-electron chi connectivity index (χ2n) is 9.39. The highest BCUT2D eigenvalue weighted by molar-refractivity contribution is 5.89. The number of fused-ring (bicyclic) bond motifs is 4. The Morgan fingerprint density at radius 1 is 0.931 bits per heavy atom. The summed E-state index contributed by atoms with van der Waals surface area (Å²) in [4.78, 5) is 4.88. The average molecular weight is 388 g/mol. The first-order chi connectivity index (χ1) is 13.9. The summed E-state index contributed by atoms with van der Waals surface area (Å²) in [6.45, 7) is 14.0. The van der Waals surface area contributed by atoms with Gasteiger partial charge in [0.15, 0.2) is 11.7 Å². The van der Waals surface area contributed by atoms with E-state index in [-0.39, 0.29) is 11.0 Å². The zero-order chi connectivity index (χ0) is 20.8. The number of hydrogen-bond acceptors (Lipinski definition) is 1. The van der Waals surface area contributed by atoms with E-state index >= 15 is 0 Å². The molecule has 2 heterocycles. The zero-order valence-corrected chi connectivity index (χ0v) is 19.0. The van der Waals surface area contributed by atoms with E-state index < -0.39 is 0 Å². The van der Waals surface area contributed by atoms with Gasteiger partial charge in [0.05, 0.1) is 11.0 Å². The largest absolute Gasteiger partial charge is 0.245 e. The SMILES string of the molecule is CCCCC1(C)[n+]2cc(C)nc(C)c2-c2cc3ccccc3cc2C1(C)CCC. The Hall–Kier alpha value is -2.22. The van der Waals surface area contributed by atoms with E-state index in [1.165, 1.54) is 59.7 Å². The van der Waals surface area contributed by atoms with Crippen LogP contribution in [0.15, 0.2) is 42.6 Å². The number of rotatable bonds is 5. The number of aryl methyl sites for hydroxylation is 2. The van der Waals surface area contributed by atoms with Crippen molar-refractivity contribution < 1.29 is 4.57 Å². The molecule has 0 radical (unpaired) electrons. The van der Waals surface area contributed by atoms with Gasteiger partial charge in [0.25, 0.3) is 0 Å². The quantitative estimate of drug-likeness (QED) is 0.441. The Bertz CT molecular complexity index is 1070. The highest BCUT2D eigenvalue weighted by Gasteiger charge is 2.57. The molecule has 1 aliphatic heterocycles. The topological polar surface area (TPSA) is 16.8 Å². The molecule has 0 spiro atoms. The zero-order valence-electron chi connectivity index (χ0n) is 19.0. The van der Waals surface area contributed by atoms with Crippen LogP contribution in [0.5, 0.6) is 0 Å². The number of hydrogen-bond donors (Lipinski definition) is 0. The molecule has 2 aromatic carbocycles. The van der Waals surface area contributed by atoms with Gasteiger partial charge in [-0.1, -0.05) is 51.0 Å². The van der Waals surface area contributed by atoms with Crippen LogP contribution < -0.4 is 4.57 Å². The van der Waals surface area contributed by atoms with Gasteiger partial charge in [0.2, 0.25) is 5.69 Å². The molecule has 2 unspecified atom stereocenters. The molecule has 0 saturated carbocycles. The van der Waals surface area contributed by atoms with E-state index in [1.807, 2.05) is 0 Å². The summed E-state index contributed by atoms with van der Waals surface area (Å²) in [5.74, 6) is 0. The molecule has 1 aliphatic rings. The fraction of sp³-hybridized carbons (Fsp3) is 0.481. The molecule has 4 rings (SSSR count). The second-order valence-corrected chi connectivity index (χ2v) is 9.39. The van der Waals surface area contributed by atoms with Gasteiger partial charge in [-0.2, -0.15) is 4.57 Å². The highest BCUT2D eigenvalue weighted by atomic mass is 15.1. The lowest BCUT2D eigenvalue weighted by Gasteiger charge is -2.47. The summed E-state index contributed by atoms with van der Waals surface area (Å²) < 4.78 is 2.60. The summed E-state index contributed by atoms with van der Waals surface area (Å²) in [5.41, 5.74) is 6.55. The molecule has 2 atom stereocenters. The van der Waals surface area contributed by atoms with Crippen LogP contribution in [0.2, 0.25) is 0 Å². The molecule has 152 valence electrons. The molecule has 1 aromatic heterocycles. The van der Waals surface area contributed by atoms with Gasteiger partial charge < -0.3 is 0 Å². The molecular weight excluding hydrogens is 352 g/mol. The molecule has 0 saturated heterocycles. The lowest BCUT2D eigenvalue weighted by Crippen LogP contribution is -2.68. The predicted molar refractivity (Wildman–Crippen MR) is 122 cm³/mol. The summed E-state index contributed by atoms with van der Waals surface area (Å²) >= 11 is 0. The van der Waals surface area contributed by atoms with E-state index in [4.69, 9.17) is 4.98 Å². The van der Waals surface area contributed by atoms with Crippen LogP contribution in [0.3, 0.4) is 0 Å². The fourth-order valence-corrected chi connectivity index (χ4v) is 5.76. The number of unbranched alkanes of at least 4 members (excludes halogenated alkanes) is 1. The molecule has 3 aromatic rings. The molecule has 2 nitrogen and oxygen atoms in total. The molecule has 29 heavy (non-hydrogen) atoms. The number of nitrogens with zero attached hydrogens (tertiary/aromatic N) is 2. The van der Waals surface area contributed by atoms with Gasteiger partial charge in [0, 0.05) is 13.3 Å². The van der Waals surface area contributed by atoms with Crippen molar-refractivity contribution in [3.63, 3.8) is 0 Å². The summed E-state index contributed by atoms with van der Waals surface area (Å²) in [6, 6.07) is 13.7. The van der Waals surface area contributed by atoms with Gasteiger partial charge in [-0.05, 0) is 62.1 Å². The minimum absolute atomic E-state index is 0.0300. The fourth-order valence-electron chi connectivity index (χ4n) is 5.76. The van der Waals surface area contributed by atoms with Crippen LogP contribution in [-0.4, -0.2) is 4.98 Å². The third-order valence-electron chi connectivity index (χ3n) is 7.47. The molecular formula is C27H35N2+. The Labute approximate surface area is 176 Å². The van der Waals surface area contributed by atoms with Crippen molar-refractivity contribution in [1.29, 1.82) is 0 Å². The van der Waals surface area contributed by atoms with Crippen molar-refractivity contribution in [2.24, 2.45) is 0 Å². The van der Waals surface area contributed by atoms with Gasteiger partial charge in [-0.15, -0.1) is 0 Å². The Morgan fingerprint density at radius 2 is 1.62 bits per heavy atom. The minimum Gasteiger partial charge on any atom is -0.245 e. The van der Waals surface area contributed by atoms with Crippen LogP contribution in [-0.2, 0) is 11.0 Å². The van der Waals surface area contributed by atoms with E-state index in [1.54, 1.807) is 0 Å². The second kappa shape index (κ2) is 7.23. The normalized spacial score (nSPS) is 23.1. The Morgan fingerprint density at radius 3 is 2.28 bits per heavy atom. The van der Waals surface area contributed by atoms with Gasteiger partial charge in [-0.3, -0.25) is 0 Å². The predicted octanol–water partition coefficient (Wildman–Crippen LogP) is 6.78. The maximum absolute atomic E-state index is 4.88. The first kappa shape index (κ1) is 20.1. The summed E-state index contributed by atoms with van der Waals surface area (Å²) in [6.07, 6.45) is 8.33. The number of benzene rings is 2. The van der Waals surface area contributed by atoms with Crippen LogP contribution >= 0.6 is 0 Å².